The molecule has 37 heavy (non-hydrogen) atoms. The van der Waals surface area contributed by atoms with E-state index in [0.29, 0.717) is 67.6 Å². The molecule has 2 heterocycles. The van der Waals surface area contributed by atoms with E-state index in [0.717, 1.165) is 16.2 Å². The SMILES string of the molecule is CCOc1cccc2sc(N(CCN3CCOCC3)C(=O)c3cc(C(F)(F)F)cc(C(F)(F)F)c3)nc12. The van der Waals surface area contributed by atoms with Crippen molar-refractivity contribution in [2.24, 2.45) is 0 Å². The van der Waals surface area contributed by atoms with Crippen LogP contribution in [0.25, 0.3) is 10.2 Å². The van der Waals surface area contributed by atoms with Gasteiger partial charge in [0.25, 0.3) is 5.91 Å². The smallest absolute Gasteiger partial charge is 0.416 e. The van der Waals surface area contributed by atoms with Crippen LogP contribution in [-0.2, 0) is 17.1 Å². The summed E-state index contributed by atoms with van der Waals surface area (Å²) in [5, 5.41) is 0.145. The van der Waals surface area contributed by atoms with E-state index in [-0.39, 0.29) is 17.7 Å². The van der Waals surface area contributed by atoms with Crippen LogP contribution in [0.5, 0.6) is 5.75 Å². The van der Waals surface area contributed by atoms with Crippen LogP contribution in [0.3, 0.4) is 0 Å². The highest BCUT2D eigenvalue weighted by Crippen LogP contribution is 2.38. The van der Waals surface area contributed by atoms with Crippen molar-refractivity contribution in [3.8, 4) is 5.75 Å². The van der Waals surface area contributed by atoms with Crippen molar-refractivity contribution in [1.29, 1.82) is 0 Å². The maximum atomic E-state index is 13.5. The van der Waals surface area contributed by atoms with Gasteiger partial charge in [0.1, 0.15) is 11.3 Å². The third-order valence-corrected chi connectivity index (χ3v) is 6.77. The van der Waals surface area contributed by atoms with Gasteiger partial charge in [-0.3, -0.25) is 14.6 Å². The fourth-order valence-corrected chi connectivity index (χ4v) is 4.89. The summed E-state index contributed by atoms with van der Waals surface area (Å²) in [6.45, 7) is 4.60. The lowest BCUT2D eigenvalue weighted by Crippen LogP contribution is -2.43. The van der Waals surface area contributed by atoms with Crippen LogP contribution in [0.2, 0.25) is 0 Å². The number of halogens is 6. The van der Waals surface area contributed by atoms with Crippen molar-refractivity contribution in [1.82, 2.24) is 9.88 Å². The summed E-state index contributed by atoms with van der Waals surface area (Å²) >= 11 is 1.10. The number of amides is 1. The molecule has 200 valence electrons. The number of thiazole rings is 1. The molecular weight excluding hydrogens is 524 g/mol. The summed E-state index contributed by atoms with van der Waals surface area (Å²) in [5.41, 5.74) is -3.38. The molecule has 0 aliphatic carbocycles. The Kier molecular flexibility index (Phi) is 7.95. The number of alkyl halides is 6. The molecule has 3 aromatic rings. The van der Waals surface area contributed by atoms with Crippen LogP contribution in [0, 0.1) is 0 Å². The van der Waals surface area contributed by atoms with Gasteiger partial charge in [0.05, 0.1) is 35.6 Å². The lowest BCUT2D eigenvalue weighted by molar-refractivity contribution is -0.143. The molecule has 0 unspecified atom stereocenters. The average Bonchev–Trinajstić information content (AvgIpc) is 3.28. The second kappa shape index (κ2) is 10.8. The normalized spacial score (nSPS) is 15.2. The fraction of sp³-hybridized carbons (Fsp3) is 0.417. The maximum absolute atomic E-state index is 13.5. The minimum Gasteiger partial charge on any atom is -0.492 e. The standard InChI is InChI=1S/C24H23F6N3O3S/c1-2-36-18-4-3-5-19-20(18)31-22(37-19)33(7-6-32-8-10-35-11-9-32)21(34)15-12-16(23(25,26)27)14-17(13-15)24(28,29)30/h3-5,12-14H,2,6-11H2,1H3. The highest BCUT2D eigenvalue weighted by molar-refractivity contribution is 7.22. The van der Waals surface area contributed by atoms with Crippen molar-refractivity contribution in [2.75, 3.05) is 50.9 Å². The zero-order chi connectivity index (χ0) is 26.8. The zero-order valence-corrected chi connectivity index (χ0v) is 20.5. The maximum Gasteiger partial charge on any atom is 0.416 e. The van der Waals surface area contributed by atoms with Crippen LogP contribution >= 0.6 is 11.3 Å². The van der Waals surface area contributed by atoms with Crippen molar-refractivity contribution in [3.63, 3.8) is 0 Å². The van der Waals surface area contributed by atoms with E-state index < -0.39 is 35.0 Å². The van der Waals surface area contributed by atoms with Gasteiger partial charge in [0, 0.05) is 31.7 Å². The van der Waals surface area contributed by atoms with Gasteiger partial charge in [-0.05, 0) is 37.3 Å². The molecule has 0 spiro atoms. The molecule has 0 radical (unpaired) electrons. The summed E-state index contributed by atoms with van der Waals surface area (Å²) in [6.07, 6.45) is -10.1. The zero-order valence-electron chi connectivity index (χ0n) is 19.7. The van der Waals surface area contributed by atoms with Crippen molar-refractivity contribution in [3.05, 3.63) is 53.1 Å². The van der Waals surface area contributed by atoms with Gasteiger partial charge in [0.15, 0.2) is 5.13 Å². The number of anilines is 1. The first kappa shape index (κ1) is 27.1. The lowest BCUT2D eigenvalue weighted by Gasteiger charge is -2.29. The third kappa shape index (κ3) is 6.33. The second-order valence-electron chi connectivity index (χ2n) is 8.24. The molecule has 13 heteroatoms. The Bertz CT molecular complexity index is 1220. The topological polar surface area (TPSA) is 54.9 Å². The average molecular weight is 548 g/mol. The number of fused-ring (bicyclic) bond motifs is 1. The second-order valence-corrected chi connectivity index (χ2v) is 9.25. The molecular formula is C24H23F6N3O3S. The number of carbonyl (C=O) groups excluding carboxylic acids is 1. The number of nitrogens with zero attached hydrogens (tertiary/aromatic N) is 3. The molecule has 2 aromatic carbocycles. The van der Waals surface area contributed by atoms with Gasteiger partial charge >= 0.3 is 12.4 Å². The van der Waals surface area contributed by atoms with Crippen LogP contribution in [-0.4, -0.2) is 61.8 Å². The quantitative estimate of drug-likeness (QED) is 0.355. The van der Waals surface area contributed by atoms with E-state index in [1.807, 2.05) is 4.90 Å². The first-order chi connectivity index (χ1) is 17.5. The summed E-state index contributed by atoms with van der Waals surface area (Å²) in [7, 11) is 0. The highest BCUT2D eigenvalue weighted by Gasteiger charge is 2.38. The minimum atomic E-state index is -5.07. The largest absolute Gasteiger partial charge is 0.492 e. The van der Waals surface area contributed by atoms with E-state index in [1.165, 1.54) is 0 Å². The summed E-state index contributed by atoms with van der Waals surface area (Å²) in [5.74, 6) is -0.552. The first-order valence-corrected chi connectivity index (χ1v) is 12.2. The van der Waals surface area contributed by atoms with Gasteiger partial charge < -0.3 is 9.47 Å². The Balaban J connectivity index is 1.76. The molecule has 1 aliphatic rings. The monoisotopic (exact) mass is 547 g/mol. The Hall–Kier alpha value is -2.90. The summed E-state index contributed by atoms with van der Waals surface area (Å²) in [4.78, 5) is 21.2. The molecule has 0 saturated carbocycles. The Morgan fingerprint density at radius 1 is 1.08 bits per heavy atom. The molecule has 1 saturated heterocycles. The molecule has 1 fully saturated rings. The van der Waals surface area contributed by atoms with Crippen LogP contribution in [0.15, 0.2) is 36.4 Å². The number of hydrogen-bond donors (Lipinski definition) is 0. The van der Waals surface area contributed by atoms with Gasteiger partial charge in [-0.2, -0.15) is 26.3 Å². The van der Waals surface area contributed by atoms with E-state index in [1.54, 1.807) is 25.1 Å². The Labute approximate surface area is 212 Å². The Morgan fingerprint density at radius 3 is 2.32 bits per heavy atom. The third-order valence-electron chi connectivity index (χ3n) is 5.72. The molecule has 4 rings (SSSR count). The predicted molar refractivity (Wildman–Crippen MR) is 126 cm³/mol. The molecule has 0 atom stereocenters. The predicted octanol–water partition coefficient (Wildman–Crippen LogP) is 5.71. The van der Waals surface area contributed by atoms with Crippen LogP contribution in [0.4, 0.5) is 31.5 Å². The van der Waals surface area contributed by atoms with Crippen LogP contribution < -0.4 is 9.64 Å². The number of morpholine rings is 1. The number of benzene rings is 2. The summed E-state index contributed by atoms with van der Waals surface area (Å²) < 4.78 is 92.2. The van der Waals surface area contributed by atoms with Gasteiger partial charge in [-0.25, -0.2) is 4.98 Å². The van der Waals surface area contributed by atoms with Crippen molar-refractivity contribution < 1.29 is 40.6 Å². The van der Waals surface area contributed by atoms with Crippen LogP contribution in [0.1, 0.15) is 28.4 Å². The van der Waals surface area contributed by atoms with Gasteiger partial charge in [-0.15, -0.1) is 0 Å². The van der Waals surface area contributed by atoms with E-state index in [2.05, 4.69) is 4.98 Å². The minimum absolute atomic E-state index is 0.000218. The Morgan fingerprint density at radius 2 is 1.73 bits per heavy atom. The van der Waals surface area contributed by atoms with Gasteiger partial charge in [-0.1, -0.05) is 17.4 Å². The fourth-order valence-electron chi connectivity index (χ4n) is 3.88. The van der Waals surface area contributed by atoms with Gasteiger partial charge in [0.2, 0.25) is 0 Å². The first-order valence-electron chi connectivity index (χ1n) is 11.4. The number of rotatable bonds is 7. The number of hydrogen-bond acceptors (Lipinski definition) is 6. The molecule has 0 N–H and O–H groups in total. The molecule has 6 nitrogen and oxygen atoms in total. The molecule has 1 aromatic heterocycles. The van der Waals surface area contributed by atoms with E-state index in [9.17, 15) is 31.1 Å². The van der Waals surface area contributed by atoms with Crippen molar-refractivity contribution >= 4 is 32.6 Å². The lowest BCUT2D eigenvalue weighted by atomic mass is 10.0. The van der Waals surface area contributed by atoms with E-state index in [4.69, 9.17) is 9.47 Å². The molecule has 0 bridgehead atoms. The number of aromatic nitrogens is 1. The number of para-hydroxylation sites is 1. The van der Waals surface area contributed by atoms with Crippen molar-refractivity contribution in [2.45, 2.75) is 19.3 Å². The van der Waals surface area contributed by atoms with E-state index >= 15 is 0 Å². The number of carbonyl (C=O) groups is 1. The summed E-state index contributed by atoms with van der Waals surface area (Å²) in [6, 6.07) is 6.06. The number of ether oxygens (including phenoxy) is 2. The molecule has 1 amide bonds. The molecule has 1 aliphatic heterocycles. The highest BCUT2D eigenvalue weighted by atomic mass is 32.1.